The molecular formula is C77H145NO5. The summed E-state index contributed by atoms with van der Waals surface area (Å²) in [6.45, 7) is 4.90. The number of esters is 1. The van der Waals surface area contributed by atoms with Crippen LogP contribution in [0.15, 0.2) is 48.6 Å². The van der Waals surface area contributed by atoms with Crippen molar-refractivity contribution in [3.05, 3.63) is 48.6 Å². The molecule has 0 fully saturated rings. The van der Waals surface area contributed by atoms with Gasteiger partial charge in [-0.05, 0) is 89.9 Å². The minimum absolute atomic E-state index is 0.0175. The second kappa shape index (κ2) is 72.3. The maximum Gasteiger partial charge on any atom is 0.305 e. The Balaban J connectivity index is 3.33. The second-order valence-corrected chi connectivity index (χ2v) is 25.6. The zero-order chi connectivity index (χ0) is 59.9. The highest BCUT2D eigenvalue weighted by Gasteiger charge is 2.18. The van der Waals surface area contributed by atoms with Gasteiger partial charge in [0.1, 0.15) is 0 Å². The molecule has 0 spiro atoms. The average Bonchev–Trinajstić information content (AvgIpc) is 3.49. The van der Waals surface area contributed by atoms with Gasteiger partial charge in [-0.25, -0.2) is 0 Å². The maximum atomic E-state index is 12.4. The van der Waals surface area contributed by atoms with E-state index < -0.39 is 12.1 Å². The van der Waals surface area contributed by atoms with Crippen molar-refractivity contribution < 1.29 is 24.5 Å². The number of aliphatic hydroxyl groups is 2. The van der Waals surface area contributed by atoms with Gasteiger partial charge in [0.25, 0.3) is 0 Å². The molecule has 0 saturated carbocycles. The van der Waals surface area contributed by atoms with E-state index in [9.17, 15) is 19.8 Å². The van der Waals surface area contributed by atoms with Gasteiger partial charge < -0.3 is 20.3 Å². The van der Waals surface area contributed by atoms with Crippen LogP contribution in [0.3, 0.4) is 0 Å². The lowest BCUT2D eigenvalue weighted by molar-refractivity contribution is -0.143. The van der Waals surface area contributed by atoms with E-state index >= 15 is 0 Å². The van der Waals surface area contributed by atoms with Gasteiger partial charge in [-0.15, -0.1) is 0 Å². The molecule has 2 unspecified atom stereocenters. The minimum atomic E-state index is -0.840. The molecule has 0 aromatic heterocycles. The first-order valence-corrected chi connectivity index (χ1v) is 37.4. The molecular weight excluding hydrogens is 1020 g/mol. The topological polar surface area (TPSA) is 95.9 Å². The van der Waals surface area contributed by atoms with Crippen LogP contribution in [0.1, 0.15) is 406 Å². The van der Waals surface area contributed by atoms with Crippen LogP contribution in [-0.2, 0) is 14.3 Å². The minimum Gasteiger partial charge on any atom is -0.466 e. The summed E-state index contributed by atoms with van der Waals surface area (Å²) in [6.07, 6.45) is 95.3. The lowest BCUT2D eigenvalue weighted by Gasteiger charge is -2.20. The van der Waals surface area contributed by atoms with Crippen LogP contribution in [0.2, 0.25) is 0 Å². The summed E-state index contributed by atoms with van der Waals surface area (Å²) in [6, 6.07) is -0.624. The molecule has 0 bridgehead atoms. The summed E-state index contributed by atoms with van der Waals surface area (Å²) in [4.78, 5) is 24.5. The van der Waals surface area contributed by atoms with Crippen molar-refractivity contribution in [2.24, 2.45) is 0 Å². The molecule has 0 aliphatic carbocycles. The van der Waals surface area contributed by atoms with E-state index in [2.05, 4.69) is 55.6 Å². The fourth-order valence-corrected chi connectivity index (χ4v) is 11.6. The quantitative estimate of drug-likeness (QED) is 0.0320. The Morgan fingerprint density at radius 3 is 0.928 bits per heavy atom. The van der Waals surface area contributed by atoms with Crippen molar-refractivity contribution >= 4 is 11.9 Å². The predicted molar refractivity (Wildman–Crippen MR) is 366 cm³/mol. The summed E-state index contributed by atoms with van der Waals surface area (Å²) in [7, 11) is 0. The molecule has 0 radical (unpaired) electrons. The monoisotopic (exact) mass is 1160 g/mol. The fourth-order valence-electron chi connectivity index (χ4n) is 11.6. The van der Waals surface area contributed by atoms with Crippen molar-refractivity contribution in [2.45, 2.75) is 418 Å². The summed E-state index contributed by atoms with van der Waals surface area (Å²) in [5.41, 5.74) is 0. The largest absolute Gasteiger partial charge is 0.466 e. The SMILES string of the molecule is CCCCCCCCC/C=C\CCCCCCCCCC(=O)OCCCCCCCCCCCCCCCCC/C=C\C/C=C\CCCCCCCCCCCCCCCCCCCC(=O)NC(CO)C(O)/C=C/CCCCCCCCC. The van der Waals surface area contributed by atoms with Crippen LogP contribution in [0, 0.1) is 0 Å². The highest BCUT2D eigenvalue weighted by Crippen LogP contribution is 2.18. The summed E-state index contributed by atoms with van der Waals surface area (Å²) < 4.78 is 5.51. The molecule has 83 heavy (non-hydrogen) atoms. The van der Waals surface area contributed by atoms with Gasteiger partial charge in [0.2, 0.25) is 5.91 Å². The molecule has 2 atom stereocenters. The van der Waals surface area contributed by atoms with Crippen molar-refractivity contribution in [3.8, 4) is 0 Å². The molecule has 0 aliphatic rings. The number of hydrogen-bond acceptors (Lipinski definition) is 5. The van der Waals surface area contributed by atoms with Gasteiger partial charge in [-0.3, -0.25) is 9.59 Å². The van der Waals surface area contributed by atoms with Crippen LogP contribution >= 0.6 is 0 Å². The van der Waals surface area contributed by atoms with Crippen molar-refractivity contribution in [1.82, 2.24) is 5.32 Å². The Hall–Kier alpha value is -2.18. The van der Waals surface area contributed by atoms with E-state index in [0.717, 1.165) is 51.4 Å². The molecule has 488 valence electrons. The lowest BCUT2D eigenvalue weighted by atomic mass is 10.0. The molecule has 0 aliphatic heterocycles. The third kappa shape index (κ3) is 68.8. The highest BCUT2D eigenvalue weighted by molar-refractivity contribution is 5.76. The number of carbonyl (C=O) groups excluding carboxylic acids is 2. The molecule has 0 saturated heterocycles. The molecule has 6 heteroatoms. The second-order valence-electron chi connectivity index (χ2n) is 25.6. The standard InChI is InChI=1S/C77H145NO5/c1-3-5-7-9-11-13-14-15-16-17-42-45-48-51-55-59-63-67-71-77(82)83-72-68-64-60-56-52-49-46-43-40-38-36-34-32-30-28-26-24-22-20-18-19-21-23-25-27-29-31-33-35-37-39-41-44-47-50-54-58-62-66-70-76(81)78-74(73-79)75(80)69-65-61-57-53-12-10-8-6-4-2/h16-19,22,24,65,69,74-75,79-80H,3-15,20-21,23,25-64,66-68,70-73H2,1-2H3,(H,78,81)/b17-16-,19-18-,24-22-,69-65+. The molecule has 3 N–H and O–H groups in total. The third-order valence-corrected chi connectivity index (χ3v) is 17.3. The molecule has 6 nitrogen and oxygen atoms in total. The van der Waals surface area contributed by atoms with Gasteiger partial charge in [0, 0.05) is 12.8 Å². The van der Waals surface area contributed by atoms with E-state index in [1.54, 1.807) is 6.08 Å². The normalized spacial score (nSPS) is 12.8. The van der Waals surface area contributed by atoms with Crippen LogP contribution in [0.25, 0.3) is 0 Å². The van der Waals surface area contributed by atoms with E-state index in [4.69, 9.17) is 4.74 Å². The Bertz CT molecular complexity index is 1390. The van der Waals surface area contributed by atoms with Gasteiger partial charge in [0.15, 0.2) is 0 Å². The third-order valence-electron chi connectivity index (χ3n) is 17.3. The van der Waals surface area contributed by atoms with Crippen molar-refractivity contribution in [2.75, 3.05) is 13.2 Å². The summed E-state index contributed by atoms with van der Waals surface area (Å²) in [5.74, 6) is -0.0491. The van der Waals surface area contributed by atoms with Crippen molar-refractivity contribution in [1.29, 1.82) is 0 Å². The smallest absolute Gasteiger partial charge is 0.305 e. The number of carbonyl (C=O) groups is 2. The van der Waals surface area contributed by atoms with E-state index in [-0.39, 0.29) is 18.5 Å². The zero-order valence-electron chi connectivity index (χ0n) is 55.9. The number of aliphatic hydroxyl groups excluding tert-OH is 2. The fraction of sp³-hybridized carbons (Fsp3) is 0.870. The molecule has 0 rings (SSSR count). The number of unbranched alkanes of at least 4 members (excludes halogenated alkanes) is 53. The zero-order valence-corrected chi connectivity index (χ0v) is 55.9. The average molecular weight is 1170 g/mol. The molecule has 0 heterocycles. The van der Waals surface area contributed by atoms with Crippen LogP contribution < -0.4 is 5.32 Å². The molecule has 0 aromatic carbocycles. The number of hydrogen-bond donors (Lipinski definition) is 3. The number of ether oxygens (including phenoxy) is 1. The van der Waals surface area contributed by atoms with E-state index in [1.807, 2.05) is 6.08 Å². The van der Waals surface area contributed by atoms with Gasteiger partial charge in [-0.2, -0.15) is 0 Å². The Kier molecular flexibility index (Phi) is 70.4. The first-order valence-electron chi connectivity index (χ1n) is 37.4. The van der Waals surface area contributed by atoms with E-state index in [1.165, 1.54) is 327 Å². The summed E-state index contributed by atoms with van der Waals surface area (Å²) >= 11 is 0. The van der Waals surface area contributed by atoms with Gasteiger partial charge in [0.05, 0.1) is 25.4 Å². The van der Waals surface area contributed by atoms with Crippen LogP contribution in [0.5, 0.6) is 0 Å². The highest BCUT2D eigenvalue weighted by atomic mass is 16.5. The van der Waals surface area contributed by atoms with Crippen LogP contribution in [-0.4, -0.2) is 47.4 Å². The van der Waals surface area contributed by atoms with E-state index in [0.29, 0.717) is 19.4 Å². The molecule has 1 amide bonds. The Morgan fingerprint density at radius 2 is 0.602 bits per heavy atom. The first kappa shape index (κ1) is 80.8. The molecule has 0 aromatic rings. The Labute approximate surface area is 518 Å². The van der Waals surface area contributed by atoms with Gasteiger partial charge >= 0.3 is 5.97 Å². The first-order chi connectivity index (χ1) is 41.0. The summed E-state index contributed by atoms with van der Waals surface area (Å²) in [5, 5.41) is 23.0. The lowest BCUT2D eigenvalue weighted by Crippen LogP contribution is -2.45. The number of rotatable bonds is 70. The number of nitrogens with one attached hydrogen (secondary N) is 1. The van der Waals surface area contributed by atoms with Crippen LogP contribution in [0.4, 0.5) is 0 Å². The number of amides is 1. The predicted octanol–water partition coefficient (Wildman–Crippen LogP) is 24.4. The van der Waals surface area contributed by atoms with Crippen molar-refractivity contribution in [3.63, 3.8) is 0 Å². The number of allylic oxidation sites excluding steroid dienone is 7. The maximum absolute atomic E-state index is 12.4. The Morgan fingerprint density at radius 1 is 0.337 bits per heavy atom. The van der Waals surface area contributed by atoms with Gasteiger partial charge in [-0.1, -0.05) is 351 Å².